The maximum Gasteiger partial charge on any atom is 0.253 e. The van der Waals surface area contributed by atoms with Crippen molar-refractivity contribution in [3.05, 3.63) is 65.7 Å². The molecule has 2 aromatic carbocycles. The molecule has 1 fully saturated rings. The summed E-state index contributed by atoms with van der Waals surface area (Å²) in [6.07, 6.45) is 2.08. The summed E-state index contributed by atoms with van der Waals surface area (Å²) in [5.41, 5.74) is 2.18. The van der Waals surface area contributed by atoms with Crippen LogP contribution >= 0.6 is 11.8 Å². The molecule has 0 bridgehead atoms. The lowest BCUT2D eigenvalue weighted by Crippen LogP contribution is -2.32. The van der Waals surface area contributed by atoms with Crippen molar-refractivity contribution >= 4 is 29.3 Å². The molecule has 0 spiro atoms. The minimum absolute atomic E-state index is 0.0834. The first-order valence-electron chi connectivity index (χ1n) is 9.58. The minimum Gasteiger partial charge on any atom is -0.376 e. The molecular weight excluding hydrogens is 372 g/mol. The van der Waals surface area contributed by atoms with Gasteiger partial charge in [0.15, 0.2) is 0 Å². The molecule has 2 atom stereocenters. The van der Waals surface area contributed by atoms with Crippen LogP contribution < -0.4 is 10.6 Å². The molecule has 0 aromatic heterocycles. The van der Waals surface area contributed by atoms with Crippen LogP contribution in [0.15, 0.2) is 54.6 Å². The van der Waals surface area contributed by atoms with E-state index in [2.05, 4.69) is 10.6 Å². The van der Waals surface area contributed by atoms with Crippen LogP contribution in [0.2, 0.25) is 0 Å². The maximum absolute atomic E-state index is 12.6. The summed E-state index contributed by atoms with van der Waals surface area (Å²) in [5.74, 6) is 0.454. The zero-order chi connectivity index (χ0) is 19.8. The summed E-state index contributed by atoms with van der Waals surface area (Å²) >= 11 is 1.57. The van der Waals surface area contributed by atoms with Crippen molar-refractivity contribution in [2.45, 2.75) is 36.9 Å². The minimum atomic E-state index is -0.233. The van der Waals surface area contributed by atoms with E-state index in [1.165, 1.54) is 5.56 Å². The van der Waals surface area contributed by atoms with Crippen molar-refractivity contribution < 1.29 is 14.3 Å². The quantitative estimate of drug-likeness (QED) is 0.709. The Balaban J connectivity index is 1.55. The number of amides is 2. The fourth-order valence-electron chi connectivity index (χ4n) is 3.00. The number of carbonyl (C=O) groups excluding carboxylic acids is 2. The van der Waals surface area contributed by atoms with Crippen molar-refractivity contribution in [2.24, 2.45) is 0 Å². The van der Waals surface area contributed by atoms with Gasteiger partial charge in [0, 0.05) is 18.9 Å². The Hall–Kier alpha value is -2.31. The number of hydrogen-bond donors (Lipinski definition) is 2. The van der Waals surface area contributed by atoms with Crippen molar-refractivity contribution in [3.8, 4) is 0 Å². The van der Waals surface area contributed by atoms with Gasteiger partial charge in [0.05, 0.1) is 22.6 Å². The van der Waals surface area contributed by atoms with Crippen molar-refractivity contribution in [1.29, 1.82) is 0 Å². The molecule has 2 amide bonds. The van der Waals surface area contributed by atoms with Gasteiger partial charge in [-0.05, 0) is 37.5 Å². The fraction of sp³-hybridized carbons (Fsp3) is 0.364. The molecule has 2 N–H and O–H groups in total. The highest BCUT2D eigenvalue weighted by atomic mass is 32.2. The predicted molar refractivity (Wildman–Crippen MR) is 114 cm³/mol. The fourth-order valence-corrected chi connectivity index (χ4v) is 3.85. The van der Waals surface area contributed by atoms with Crippen LogP contribution in [0.5, 0.6) is 0 Å². The van der Waals surface area contributed by atoms with Crippen LogP contribution in [0.1, 0.15) is 35.7 Å². The van der Waals surface area contributed by atoms with Crippen LogP contribution in [0, 0.1) is 0 Å². The van der Waals surface area contributed by atoms with Gasteiger partial charge in [-0.25, -0.2) is 0 Å². The molecular formula is C22H26N2O3S. The van der Waals surface area contributed by atoms with Gasteiger partial charge >= 0.3 is 0 Å². The third-order valence-electron chi connectivity index (χ3n) is 4.66. The summed E-state index contributed by atoms with van der Waals surface area (Å²) in [6.45, 7) is 3.12. The molecule has 0 unspecified atom stereocenters. The van der Waals surface area contributed by atoms with Crippen LogP contribution in [-0.2, 0) is 15.3 Å². The van der Waals surface area contributed by atoms with Gasteiger partial charge in [0.1, 0.15) is 0 Å². The summed E-state index contributed by atoms with van der Waals surface area (Å²) in [4.78, 5) is 25.2. The van der Waals surface area contributed by atoms with Crippen LogP contribution in [0.4, 0.5) is 5.69 Å². The molecule has 1 aliphatic rings. The second kappa shape index (κ2) is 10.3. The van der Waals surface area contributed by atoms with E-state index in [0.717, 1.165) is 25.2 Å². The van der Waals surface area contributed by atoms with Gasteiger partial charge in [-0.15, -0.1) is 11.8 Å². The predicted octanol–water partition coefficient (Wildman–Crippen LogP) is 3.86. The summed E-state index contributed by atoms with van der Waals surface area (Å²) in [5, 5.41) is 5.58. The molecule has 0 aliphatic carbocycles. The standard InChI is InChI=1S/C22H26N2O3S/c1-16(28-15-17-8-3-2-4-9-17)21(25)24-20-12-6-5-11-19(20)22(26)23-14-18-10-7-13-27-18/h2-6,8-9,11-12,16,18H,7,10,13-15H2,1H3,(H,23,26)(H,24,25)/t16-,18+/m0/s1. The van der Waals surface area contributed by atoms with E-state index in [9.17, 15) is 9.59 Å². The Morgan fingerprint density at radius 2 is 1.89 bits per heavy atom. The third kappa shape index (κ3) is 5.84. The van der Waals surface area contributed by atoms with E-state index in [4.69, 9.17) is 4.74 Å². The first kappa shape index (κ1) is 20.4. The zero-order valence-electron chi connectivity index (χ0n) is 16.0. The van der Waals surface area contributed by atoms with E-state index in [1.807, 2.05) is 43.3 Å². The average Bonchev–Trinajstić information content (AvgIpc) is 3.25. The van der Waals surface area contributed by atoms with Gasteiger partial charge in [-0.3, -0.25) is 9.59 Å². The number of rotatable bonds is 8. The van der Waals surface area contributed by atoms with E-state index < -0.39 is 0 Å². The molecule has 0 radical (unpaired) electrons. The van der Waals surface area contributed by atoms with Crippen molar-refractivity contribution in [3.63, 3.8) is 0 Å². The molecule has 6 heteroatoms. The van der Waals surface area contributed by atoms with E-state index in [1.54, 1.807) is 30.0 Å². The van der Waals surface area contributed by atoms with Gasteiger partial charge in [-0.1, -0.05) is 42.5 Å². The van der Waals surface area contributed by atoms with Gasteiger partial charge < -0.3 is 15.4 Å². The first-order chi connectivity index (χ1) is 13.6. The van der Waals surface area contributed by atoms with Gasteiger partial charge in [0.25, 0.3) is 5.91 Å². The van der Waals surface area contributed by atoms with E-state index in [0.29, 0.717) is 17.8 Å². The van der Waals surface area contributed by atoms with Gasteiger partial charge in [0.2, 0.25) is 5.91 Å². The number of benzene rings is 2. The summed E-state index contributed by atoms with van der Waals surface area (Å²) in [6, 6.07) is 17.1. The Bertz CT molecular complexity index is 791. The highest BCUT2D eigenvalue weighted by Crippen LogP contribution is 2.21. The number of thioether (sulfide) groups is 1. The Labute approximate surface area is 170 Å². The second-order valence-corrected chi connectivity index (χ2v) is 8.15. The first-order valence-corrected chi connectivity index (χ1v) is 10.6. The molecule has 148 valence electrons. The van der Waals surface area contributed by atoms with E-state index in [-0.39, 0.29) is 23.2 Å². The Morgan fingerprint density at radius 3 is 2.64 bits per heavy atom. The second-order valence-electron chi connectivity index (χ2n) is 6.82. The monoisotopic (exact) mass is 398 g/mol. The lowest BCUT2D eigenvalue weighted by atomic mass is 10.1. The number of carbonyl (C=O) groups is 2. The number of para-hydroxylation sites is 1. The van der Waals surface area contributed by atoms with E-state index >= 15 is 0 Å². The lowest BCUT2D eigenvalue weighted by Gasteiger charge is -2.16. The van der Waals surface area contributed by atoms with Crippen LogP contribution in [0.3, 0.4) is 0 Å². The topological polar surface area (TPSA) is 67.4 Å². The molecule has 1 saturated heterocycles. The molecule has 1 aliphatic heterocycles. The number of ether oxygens (including phenoxy) is 1. The van der Waals surface area contributed by atoms with Crippen LogP contribution in [-0.4, -0.2) is 36.3 Å². The molecule has 3 rings (SSSR count). The van der Waals surface area contributed by atoms with Crippen molar-refractivity contribution in [2.75, 3.05) is 18.5 Å². The largest absolute Gasteiger partial charge is 0.376 e. The smallest absolute Gasteiger partial charge is 0.253 e. The van der Waals surface area contributed by atoms with Crippen LogP contribution in [0.25, 0.3) is 0 Å². The summed E-state index contributed by atoms with van der Waals surface area (Å²) in [7, 11) is 0. The third-order valence-corrected chi connectivity index (χ3v) is 5.87. The molecule has 0 saturated carbocycles. The Morgan fingerprint density at radius 1 is 1.14 bits per heavy atom. The molecule has 28 heavy (non-hydrogen) atoms. The highest BCUT2D eigenvalue weighted by Gasteiger charge is 2.20. The number of nitrogens with one attached hydrogen (secondary N) is 2. The lowest BCUT2D eigenvalue weighted by molar-refractivity contribution is -0.115. The Kier molecular flexibility index (Phi) is 7.51. The molecule has 2 aromatic rings. The SMILES string of the molecule is C[C@H](SCc1ccccc1)C(=O)Nc1ccccc1C(=O)NC[C@H]1CCCO1. The maximum atomic E-state index is 12.6. The number of anilines is 1. The average molecular weight is 399 g/mol. The molecule has 5 nitrogen and oxygen atoms in total. The van der Waals surface area contributed by atoms with Gasteiger partial charge in [-0.2, -0.15) is 0 Å². The summed E-state index contributed by atoms with van der Waals surface area (Å²) < 4.78 is 5.54. The zero-order valence-corrected chi connectivity index (χ0v) is 16.8. The number of hydrogen-bond acceptors (Lipinski definition) is 4. The normalized spacial score (nSPS) is 17.1. The van der Waals surface area contributed by atoms with Crippen molar-refractivity contribution in [1.82, 2.24) is 5.32 Å². The highest BCUT2D eigenvalue weighted by molar-refractivity contribution is 7.99. The molecule has 1 heterocycles.